The van der Waals surface area contributed by atoms with Crippen molar-refractivity contribution in [3.05, 3.63) is 71.3 Å². The number of Topliss-reactive ketones (excluding diaryl/α,β-unsaturated/α-hetero) is 1. The molecule has 0 aromatic heterocycles. The maximum absolute atomic E-state index is 12.2. The van der Waals surface area contributed by atoms with Crippen molar-refractivity contribution in [2.75, 3.05) is 0 Å². The molecule has 0 amide bonds. The lowest BCUT2D eigenvalue weighted by atomic mass is 9.95. The van der Waals surface area contributed by atoms with Gasteiger partial charge in [-0.05, 0) is 6.42 Å². The highest BCUT2D eigenvalue weighted by atomic mass is 16.1. The minimum Gasteiger partial charge on any atom is -0.294 e. The molecule has 0 spiro atoms. The first-order valence-corrected chi connectivity index (χ1v) is 6.87. The maximum atomic E-state index is 12.2. The molecule has 0 aliphatic heterocycles. The monoisotopic (exact) mass is 266 g/mol. The summed E-state index contributed by atoms with van der Waals surface area (Å²) in [5.74, 6) is 0.130. The van der Waals surface area contributed by atoms with E-state index >= 15 is 0 Å². The Morgan fingerprint density at radius 2 is 1.35 bits per heavy atom. The van der Waals surface area contributed by atoms with Gasteiger partial charge in [-0.15, -0.1) is 0 Å². The van der Waals surface area contributed by atoms with Crippen molar-refractivity contribution in [3.8, 4) is 0 Å². The maximum Gasteiger partial charge on any atom is 0.193 e. The van der Waals surface area contributed by atoms with Crippen LogP contribution < -0.4 is 0 Å². The predicted molar refractivity (Wildman–Crippen MR) is 80.1 cm³/mol. The first-order valence-electron chi connectivity index (χ1n) is 6.87. The van der Waals surface area contributed by atoms with E-state index < -0.39 is 0 Å². The van der Waals surface area contributed by atoms with Gasteiger partial charge in [-0.3, -0.25) is 9.59 Å². The number of carbonyl (C=O) groups is 2. The van der Waals surface area contributed by atoms with Gasteiger partial charge in [0.1, 0.15) is 0 Å². The van der Waals surface area contributed by atoms with Crippen LogP contribution in [0.15, 0.2) is 54.6 Å². The van der Waals surface area contributed by atoms with E-state index in [1.807, 2.05) is 32.0 Å². The highest BCUT2D eigenvalue weighted by molar-refractivity contribution is 6.09. The van der Waals surface area contributed by atoms with Gasteiger partial charge in [0.2, 0.25) is 0 Å². The molecule has 0 aliphatic carbocycles. The molecule has 0 saturated carbocycles. The van der Waals surface area contributed by atoms with E-state index in [4.69, 9.17) is 0 Å². The minimum absolute atomic E-state index is 0.0191. The van der Waals surface area contributed by atoms with Crippen molar-refractivity contribution in [1.29, 1.82) is 0 Å². The van der Waals surface area contributed by atoms with Crippen molar-refractivity contribution < 1.29 is 9.59 Å². The number of hydrogen-bond donors (Lipinski definition) is 0. The summed E-state index contributed by atoms with van der Waals surface area (Å²) < 4.78 is 0. The molecule has 0 N–H and O–H groups in total. The first-order chi connectivity index (χ1) is 9.63. The summed E-state index contributed by atoms with van der Waals surface area (Å²) in [6, 6.07) is 16.1. The molecule has 2 aromatic rings. The van der Waals surface area contributed by atoms with Crippen LogP contribution in [0.4, 0.5) is 0 Å². The average Bonchev–Trinajstić information content (AvgIpc) is 2.53. The number of benzene rings is 2. The van der Waals surface area contributed by atoms with Crippen LogP contribution in [-0.4, -0.2) is 11.6 Å². The largest absolute Gasteiger partial charge is 0.294 e. The topological polar surface area (TPSA) is 34.1 Å². The van der Waals surface area contributed by atoms with Crippen molar-refractivity contribution in [3.63, 3.8) is 0 Å². The second kappa shape index (κ2) is 6.29. The lowest BCUT2D eigenvalue weighted by Crippen LogP contribution is -2.10. The Hall–Kier alpha value is -2.22. The van der Waals surface area contributed by atoms with Crippen molar-refractivity contribution in [2.45, 2.75) is 20.3 Å². The summed E-state index contributed by atoms with van der Waals surface area (Å²) in [5, 5.41) is 0. The third-order valence-corrected chi connectivity index (χ3v) is 3.53. The molecule has 0 saturated heterocycles. The molecule has 2 heteroatoms. The van der Waals surface area contributed by atoms with Gasteiger partial charge >= 0.3 is 0 Å². The molecule has 102 valence electrons. The molecular weight excluding hydrogens is 248 g/mol. The van der Waals surface area contributed by atoms with Crippen LogP contribution in [0.5, 0.6) is 0 Å². The molecule has 0 radical (unpaired) electrons. The predicted octanol–water partition coefficient (Wildman–Crippen LogP) is 4.15. The minimum atomic E-state index is -0.0202. The SMILES string of the molecule is CCC(C)C(=O)c1ccc(C(=O)c2ccccc2)cc1. The number of rotatable bonds is 5. The molecule has 2 aromatic carbocycles. The molecule has 20 heavy (non-hydrogen) atoms. The van der Waals surface area contributed by atoms with Crippen LogP contribution in [-0.2, 0) is 0 Å². The highest BCUT2D eigenvalue weighted by Gasteiger charge is 2.14. The van der Waals surface area contributed by atoms with Crippen LogP contribution >= 0.6 is 0 Å². The summed E-state index contributed by atoms with van der Waals surface area (Å²) in [7, 11) is 0. The van der Waals surface area contributed by atoms with E-state index in [1.54, 1.807) is 36.4 Å². The Balaban J connectivity index is 2.21. The Labute approximate surface area is 119 Å². The Morgan fingerprint density at radius 1 is 0.850 bits per heavy atom. The van der Waals surface area contributed by atoms with Gasteiger partial charge in [-0.1, -0.05) is 68.4 Å². The Morgan fingerprint density at radius 3 is 1.90 bits per heavy atom. The highest BCUT2D eigenvalue weighted by Crippen LogP contribution is 2.15. The van der Waals surface area contributed by atoms with Crippen LogP contribution in [0.3, 0.4) is 0 Å². The van der Waals surface area contributed by atoms with Crippen molar-refractivity contribution in [1.82, 2.24) is 0 Å². The van der Waals surface area contributed by atoms with Gasteiger partial charge in [-0.2, -0.15) is 0 Å². The fourth-order valence-electron chi connectivity index (χ4n) is 2.01. The van der Waals surface area contributed by atoms with Crippen molar-refractivity contribution >= 4 is 11.6 Å². The molecule has 0 heterocycles. The van der Waals surface area contributed by atoms with Gasteiger partial charge in [0.05, 0.1) is 0 Å². The second-order valence-corrected chi connectivity index (χ2v) is 4.95. The summed E-state index contributed by atoms with van der Waals surface area (Å²) in [6.45, 7) is 3.92. The lowest BCUT2D eigenvalue weighted by Gasteiger charge is -2.08. The fraction of sp³-hybridized carbons (Fsp3) is 0.222. The normalized spacial score (nSPS) is 11.9. The van der Waals surface area contributed by atoms with Gasteiger partial charge < -0.3 is 0 Å². The molecule has 0 fully saturated rings. The lowest BCUT2D eigenvalue weighted by molar-refractivity contribution is 0.0926. The summed E-state index contributed by atoms with van der Waals surface area (Å²) in [5.41, 5.74) is 1.94. The van der Waals surface area contributed by atoms with E-state index in [-0.39, 0.29) is 17.5 Å². The smallest absolute Gasteiger partial charge is 0.193 e. The zero-order valence-corrected chi connectivity index (χ0v) is 11.8. The third kappa shape index (κ3) is 3.02. The quantitative estimate of drug-likeness (QED) is 0.762. The molecule has 2 nitrogen and oxygen atoms in total. The molecule has 1 atom stereocenters. The van der Waals surface area contributed by atoms with Crippen LogP contribution in [0.25, 0.3) is 0 Å². The van der Waals surface area contributed by atoms with E-state index in [1.165, 1.54) is 0 Å². The summed E-state index contributed by atoms with van der Waals surface area (Å²) in [6.07, 6.45) is 0.823. The van der Waals surface area contributed by atoms with Gasteiger partial charge in [-0.25, -0.2) is 0 Å². The zero-order chi connectivity index (χ0) is 14.5. The molecule has 0 bridgehead atoms. The van der Waals surface area contributed by atoms with Crippen LogP contribution in [0.1, 0.15) is 46.5 Å². The number of hydrogen-bond acceptors (Lipinski definition) is 2. The molecule has 1 unspecified atom stereocenters. The first kappa shape index (κ1) is 14.2. The van der Waals surface area contributed by atoms with Gasteiger partial charge in [0.25, 0.3) is 0 Å². The summed E-state index contributed by atoms with van der Waals surface area (Å²) in [4.78, 5) is 24.3. The van der Waals surface area contributed by atoms with Crippen LogP contribution in [0, 0.1) is 5.92 Å². The van der Waals surface area contributed by atoms with E-state index in [9.17, 15) is 9.59 Å². The van der Waals surface area contributed by atoms with E-state index in [0.717, 1.165) is 6.42 Å². The average molecular weight is 266 g/mol. The van der Waals surface area contributed by atoms with Crippen LogP contribution in [0.2, 0.25) is 0 Å². The van der Waals surface area contributed by atoms with E-state index in [0.29, 0.717) is 16.7 Å². The zero-order valence-electron chi connectivity index (χ0n) is 11.8. The number of ketones is 2. The van der Waals surface area contributed by atoms with Gasteiger partial charge in [0.15, 0.2) is 11.6 Å². The Bertz CT molecular complexity index is 597. The standard InChI is InChI=1S/C18H18O2/c1-3-13(2)17(19)15-9-11-16(12-10-15)18(20)14-7-5-4-6-8-14/h4-13H,3H2,1-2H3. The van der Waals surface area contributed by atoms with Crippen molar-refractivity contribution in [2.24, 2.45) is 5.92 Å². The van der Waals surface area contributed by atoms with E-state index in [2.05, 4.69) is 0 Å². The number of carbonyl (C=O) groups excluding carboxylic acids is 2. The van der Waals surface area contributed by atoms with Gasteiger partial charge in [0, 0.05) is 22.6 Å². The fourth-order valence-corrected chi connectivity index (χ4v) is 2.01. The molecule has 2 rings (SSSR count). The summed E-state index contributed by atoms with van der Waals surface area (Å²) >= 11 is 0. The Kier molecular flexibility index (Phi) is 4.46. The second-order valence-electron chi connectivity index (χ2n) is 4.95. The third-order valence-electron chi connectivity index (χ3n) is 3.53. The molecule has 0 aliphatic rings. The molecular formula is C18H18O2.